The molecular weight excluding hydrogens is 267 g/mol. The lowest BCUT2D eigenvalue weighted by molar-refractivity contribution is 0.628. The van der Waals surface area contributed by atoms with Gasteiger partial charge in [0.15, 0.2) is 0 Å². The largest absolute Gasteiger partial charge is 0.326 e. The molecule has 19 heavy (non-hydrogen) atoms. The van der Waals surface area contributed by atoms with Crippen LogP contribution >= 0.6 is 11.6 Å². The molecule has 1 heterocycles. The van der Waals surface area contributed by atoms with Crippen LogP contribution in [-0.2, 0) is 6.54 Å². The van der Waals surface area contributed by atoms with Crippen molar-refractivity contribution in [3.8, 4) is 0 Å². The van der Waals surface area contributed by atoms with Crippen molar-refractivity contribution in [3.05, 3.63) is 69.4 Å². The molecule has 0 atom stereocenters. The summed E-state index contributed by atoms with van der Waals surface area (Å²) in [6, 6.07) is 11.5. The minimum absolute atomic E-state index is 0.277. The Bertz CT molecular complexity index is 807. The van der Waals surface area contributed by atoms with Crippen LogP contribution in [0, 0.1) is 5.82 Å². The van der Waals surface area contributed by atoms with Gasteiger partial charge in [-0.15, -0.1) is 0 Å². The van der Waals surface area contributed by atoms with Crippen molar-refractivity contribution in [2.45, 2.75) is 6.54 Å². The van der Waals surface area contributed by atoms with Crippen molar-refractivity contribution < 1.29 is 4.39 Å². The van der Waals surface area contributed by atoms with Crippen LogP contribution in [0.2, 0.25) is 5.02 Å². The van der Waals surface area contributed by atoms with Crippen LogP contribution in [0.3, 0.4) is 0 Å². The predicted octanol–water partition coefficient (Wildman–Crippen LogP) is 3.17. The second kappa shape index (κ2) is 4.55. The van der Waals surface area contributed by atoms with Gasteiger partial charge in [-0.05, 0) is 29.8 Å². The van der Waals surface area contributed by atoms with Crippen LogP contribution in [0.15, 0.2) is 47.3 Å². The number of imidazole rings is 1. The molecule has 0 saturated carbocycles. The van der Waals surface area contributed by atoms with E-state index in [9.17, 15) is 9.18 Å². The molecule has 1 aromatic heterocycles. The average Bonchev–Trinajstić information content (AvgIpc) is 2.69. The molecule has 96 valence electrons. The van der Waals surface area contributed by atoms with Gasteiger partial charge < -0.3 is 4.98 Å². The Balaban J connectivity index is 2.15. The van der Waals surface area contributed by atoms with E-state index in [0.29, 0.717) is 22.6 Å². The fraction of sp³-hybridized carbons (Fsp3) is 0.0714. The maximum absolute atomic E-state index is 13.3. The lowest BCUT2D eigenvalue weighted by Crippen LogP contribution is -2.17. The maximum Gasteiger partial charge on any atom is 0.326 e. The normalized spacial score (nSPS) is 11.1. The number of aromatic amines is 1. The predicted molar refractivity (Wildman–Crippen MR) is 73.1 cm³/mol. The van der Waals surface area contributed by atoms with Crippen molar-refractivity contribution in [1.29, 1.82) is 0 Å². The van der Waals surface area contributed by atoms with Gasteiger partial charge in [-0.1, -0.05) is 29.8 Å². The number of rotatable bonds is 2. The third-order valence-electron chi connectivity index (χ3n) is 3.02. The summed E-state index contributed by atoms with van der Waals surface area (Å²) in [5.74, 6) is -0.376. The number of hydrogen-bond acceptors (Lipinski definition) is 1. The zero-order chi connectivity index (χ0) is 13.4. The Morgan fingerprint density at radius 3 is 2.79 bits per heavy atom. The van der Waals surface area contributed by atoms with Crippen molar-refractivity contribution in [2.24, 2.45) is 0 Å². The zero-order valence-electron chi connectivity index (χ0n) is 9.86. The highest BCUT2D eigenvalue weighted by molar-refractivity contribution is 6.31. The first-order valence-corrected chi connectivity index (χ1v) is 6.14. The molecule has 0 aliphatic heterocycles. The van der Waals surface area contributed by atoms with Gasteiger partial charge in [0.25, 0.3) is 0 Å². The number of hydrogen-bond donors (Lipinski definition) is 1. The Morgan fingerprint density at radius 1 is 1.21 bits per heavy atom. The summed E-state index contributed by atoms with van der Waals surface area (Å²) in [4.78, 5) is 14.6. The monoisotopic (exact) mass is 276 g/mol. The fourth-order valence-corrected chi connectivity index (χ4v) is 2.28. The summed E-state index contributed by atoms with van der Waals surface area (Å²) in [7, 11) is 0. The number of nitrogens with one attached hydrogen (secondary N) is 1. The lowest BCUT2D eigenvalue weighted by Gasteiger charge is -2.05. The first-order chi connectivity index (χ1) is 9.15. The minimum atomic E-state index is -0.376. The first kappa shape index (κ1) is 12.0. The standard InChI is InChI=1S/C14H10ClFN2O/c15-11-4-2-1-3-9(11)8-18-13-7-10(16)5-6-12(13)17-14(18)19/h1-7H,8H2,(H,17,19). The summed E-state index contributed by atoms with van der Waals surface area (Å²) in [5, 5.41) is 0.583. The van der Waals surface area contributed by atoms with Gasteiger partial charge in [0.05, 0.1) is 17.6 Å². The molecule has 0 amide bonds. The van der Waals surface area contributed by atoms with E-state index in [-0.39, 0.29) is 11.5 Å². The van der Waals surface area contributed by atoms with Crippen LogP contribution in [0.4, 0.5) is 4.39 Å². The minimum Gasteiger partial charge on any atom is -0.306 e. The van der Waals surface area contributed by atoms with E-state index in [0.717, 1.165) is 5.56 Å². The van der Waals surface area contributed by atoms with Gasteiger partial charge >= 0.3 is 5.69 Å². The third kappa shape index (κ3) is 2.15. The molecule has 3 nitrogen and oxygen atoms in total. The molecule has 3 aromatic rings. The Morgan fingerprint density at radius 2 is 2.00 bits per heavy atom. The molecule has 1 N–H and O–H groups in total. The van der Waals surface area contributed by atoms with Gasteiger partial charge in [0.1, 0.15) is 5.82 Å². The summed E-state index contributed by atoms with van der Waals surface area (Å²) < 4.78 is 14.8. The molecule has 5 heteroatoms. The van der Waals surface area contributed by atoms with E-state index >= 15 is 0 Å². The molecular formula is C14H10ClFN2O. The van der Waals surface area contributed by atoms with Crippen LogP contribution in [-0.4, -0.2) is 9.55 Å². The van der Waals surface area contributed by atoms with Crippen molar-refractivity contribution >= 4 is 22.6 Å². The number of H-pyrrole nitrogens is 1. The average molecular weight is 277 g/mol. The highest BCUT2D eigenvalue weighted by Gasteiger charge is 2.09. The van der Waals surface area contributed by atoms with Crippen molar-refractivity contribution in [1.82, 2.24) is 9.55 Å². The van der Waals surface area contributed by atoms with Gasteiger partial charge in [0, 0.05) is 5.02 Å². The Hall–Kier alpha value is -2.07. The number of benzene rings is 2. The third-order valence-corrected chi connectivity index (χ3v) is 3.39. The van der Waals surface area contributed by atoms with Crippen molar-refractivity contribution in [3.63, 3.8) is 0 Å². The molecule has 3 rings (SSSR count). The zero-order valence-corrected chi connectivity index (χ0v) is 10.6. The number of aromatic nitrogens is 2. The van der Waals surface area contributed by atoms with Gasteiger partial charge in [-0.3, -0.25) is 4.57 Å². The molecule has 2 aromatic carbocycles. The SMILES string of the molecule is O=c1[nH]c2ccc(F)cc2n1Cc1ccccc1Cl. The molecule has 0 saturated heterocycles. The van der Waals surface area contributed by atoms with E-state index in [4.69, 9.17) is 11.6 Å². The lowest BCUT2D eigenvalue weighted by atomic mass is 10.2. The molecule has 0 fully saturated rings. The van der Waals surface area contributed by atoms with Crippen LogP contribution in [0.25, 0.3) is 11.0 Å². The number of halogens is 2. The summed E-state index contributed by atoms with van der Waals surface area (Å²) in [5.41, 5.74) is 1.68. The van der Waals surface area contributed by atoms with Gasteiger partial charge in [-0.25, -0.2) is 9.18 Å². The summed E-state index contributed by atoms with van der Waals surface area (Å²) >= 11 is 6.08. The van der Waals surface area contributed by atoms with Crippen LogP contribution in [0.1, 0.15) is 5.56 Å². The van der Waals surface area contributed by atoms with E-state index < -0.39 is 0 Å². The van der Waals surface area contributed by atoms with E-state index in [1.54, 1.807) is 12.1 Å². The molecule has 0 radical (unpaired) electrons. The molecule has 0 unspecified atom stereocenters. The Kier molecular flexibility index (Phi) is 2.87. The second-order valence-corrected chi connectivity index (χ2v) is 4.68. The van der Waals surface area contributed by atoms with Crippen molar-refractivity contribution in [2.75, 3.05) is 0 Å². The fourth-order valence-electron chi connectivity index (χ4n) is 2.08. The summed E-state index contributed by atoms with van der Waals surface area (Å²) in [6.45, 7) is 0.307. The van der Waals surface area contributed by atoms with Crippen LogP contribution in [0.5, 0.6) is 0 Å². The molecule has 0 aliphatic carbocycles. The summed E-state index contributed by atoms with van der Waals surface area (Å²) in [6.07, 6.45) is 0. The molecule has 0 spiro atoms. The van der Waals surface area contributed by atoms with E-state index in [1.165, 1.54) is 16.7 Å². The second-order valence-electron chi connectivity index (χ2n) is 4.27. The Labute approximate surface area is 113 Å². The number of fused-ring (bicyclic) bond motifs is 1. The highest BCUT2D eigenvalue weighted by atomic mass is 35.5. The first-order valence-electron chi connectivity index (χ1n) is 5.76. The topological polar surface area (TPSA) is 37.8 Å². The molecule has 0 aliphatic rings. The highest BCUT2D eigenvalue weighted by Crippen LogP contribution is 2.18. The van der Waals surface area contributed by atoms with E-state index in [2.05, 4.69) is 4.98 Å². The smallest absolute Gasteiger partial charge is 0.306 e. The van der Waals surface area contributed by atoms with E-state index in [1.807, 2.05) is 18.2 Å². The maximum atomic E-state index is 13.3. The van der Waals surface area contributed by atoms with Gasteiger partial charge in [-0.2, -0.15) is 0 Å². The van der Waals surface area contributed by atoms with Crippen LogP contribution < -0.4 is 5.69 Å². The number of nitrogens with zero attached hydrogens (tertiary/aromatic N) is 1. The molecule has 0 bridgehead atoms. The quantitative estimate of drug-likeness (QED) is 0.767. The van der Waals surface area contributed by atoms with Gasteiger partial charge in [0.2, 0.25) is 0 Å².